The van der Waals surface area contributed by atoms with E-state index in [4.69, 9.17) is 9.47 Å². The van der Waals surface area contributed by atoms with Crippen LogP contribution in [0.3, 0.4) is 0 Å². The molecule has 2 aromatic heterocycles. The average molecular weight is 402 g/mol. The maximum absolute atomic E-state index is 12.1. The minimum absolute atomic E-state index is 0.228. The van der Waals surface area contributed by atoms with E-state index in [0.29, 0.717) is 13.2 Å². The SMILES string of the molecule is COCCNC(=O)[C@H](C)OC(=O)/C=C/c1cc(C)n(-c2ccnn2C(C)C)c1C. The topological polar surface area (TPSA) is 87.4 Å². The second kappa shape index (κ2) is 10.1. The van der Waals surface area contributed by atoms with Crippen molar-refractivity contribution in [1.82, 2.24) is 19.7 Å². The van der Waals surface area contributed by atoms with Gasteiger partial charge in [0.25, 0.3) is 5.91 Å². The van der Waals surface area contributed by atoms with Crippen molar-refractivity contribution in [3.63, 3.8) is 0 Å². The molecule has 2 rings (SSSR count). The number of esters is 1. The van der Waals surface area contributed by atoms with Crippen molar-refractivity contribution in [2.75, 3.05) is 20.3 Å². The van der Waals surface area contributed by atoms with Crippen LogP contribution in [0.2, 0.25) is 0 Å². The summed E-state index contributed by atoms with van der Waals surface area (Å²) in [7, 11) is 1.55. The maximum Gasteiger partial charge on any atom is 0.331 e. The number of amides is 1. The lowest BCUT2D eigenvalue weighted by molar-refractivity contribution is -0.150. The molecule has 1 amide bonds. The molecule has 0 aliphatic heterocycles. The fourth-order valence-electron chi connectivity index (χ4n) is 3.04. The summed E-state index contributed by atoms with van der Waals surface area (Å²) in [5, 5.41) is 7.03. The zero-order valence-electron chi connectivity index (χ0n) is 17.9. The Kier molecular flexibility index (Phi) is 7.78. The minimum Gasteiger partial charge on any atom is -0.449 e. The van der Waals surface area contributed by atoms with Crippen molar-refractivity contribution in [1.29, 1.82) is 0 Å². The number of carbonyl (C=O) groups is 2. The highest BCUT2D eigenvalue weighted by molar-refractivity contribution is 5.90. The Morgan fingerprint density at radius 3 is 2.66 bits per heavy atom. The number of aromatic nitrogens is 3. The molecule has 8 heteroatoms. The zero-order valence-corrected chi connectivity index (χ0v) is 17.9. The van der Waals surface area contributed by atoms with E-state index in [2.05, 4.69) is 28.8 Å². The number of ether oxygens (including phenoxy) is 2. The van der Waals surface area contributed by atoms with Crippen LogP contribution in [0, 0.1) is 13.8 Å². The molecule has 0 aliphatic rings. The fourth-order valence-corrected chi connectivity index (χ4v) is 3.04. The monoisotopic (exact) mass is 402 g/mol. The normalized spacial score (nSPS) is 12.5. The molecule has 0 saturated carbocycles. The molecule has 2 aromatic rings. The summed E-state index contributed by atoms with van der Waals surface area (Å²) in [6, 6.07) is 4.19. The highest BCUT2D eigenvalue weighted by atomic mass is 16.5. The summed E-state index contributed by atoms with van der Waals surface area (Å²) < 4.78 is 14.1. The summed E-state index contributed by atoms with van der Waals surface area (Å²) in [5.74, 6) is 0.0407. The molecule has 29 heavy (non-hydrogen) atoms. The van der Waals surface area contributed by atoms with Gasteiger partial charge in [0, 0.05) is 43.2 Å². The van der Waals surface area contributed by atoms with Crippen LogP contribution in [0.15, 0.2) is 24.4 Å². The van der Waals surface area contributed by atoms with Crippen molar-refractivity contribution in [3.05, 3.63) is 41.4 Å². The Morgan fingerprint density at radius 1 is 1.28 bits per heavy atom. The van der Waals surface area contributed by atoms with Gasteiger partial charge in [-0.1, -0.05) is 0 Å². The molecule has 2 heterocycles. The smallest absolute Gasteiger partial charge is 0.331 e. The van der Waals surface area contributed by atoms with Gasteiger partial charge in [-0.3, -0.25) is 4.79 Å². The Hall–Kier alpha value is -2.87. The van der Waals surface area contributed by atoms with Gasteiger partial charge in [-0.05, 0) is 52.3 Å². The molecule has 158 valence electrons. The van der Waals surface area contributed by atoms with Crippen molar-refractivity contribution >= 4 is 18.0 Å². The van der Waals surface area contributed by atoms with Crippen LogP contribution in [-0.2, 0) is 19.1 Å². The molecule has 0 aromatic carbocycles. The van der Waals surface area contributed by atoms with Crippen molar-refractivity contribution in [2.24, 2.45) is 0 Å². The summed E-state index contributed by atoms with van der Waals surface area (Å²) in [6.45, 7) is 10.5. The van der Waals surface area contributed by atoms with Gasteiger partial charge in [0.05, 0.1) is 12.8 Å². The van der Waals surface area contributed by atoms with Gasteiger partial charge in [-0.25, -0.2) is 9.48 Å². The van der Waals surface area contributed by atoms with Crippen molar-refractivity contribution in [3.8, 4) is 5.82 Å². The summed E-state index contributed by atoms with van der Waals surface area (Å²) >= 11 is 0. The van der Waals surface area contributed by atoms with Gasteiger partial charge in [-0.2, -0.15) is 5.10 Å². The highest BCUT2D eigenvalue weighted by Crippen LogP contribution is 2.23. The molecule has 0 saturated heterocycles. The van der Waals surface area contributed by atoms with E-state index in [9.17, 15) is 9.59 Å². The Bertz CT molecular complexity index is 879. The van der Waals surface area contributed by atoms with Crippen LogP contribution >= 0.6 is 0 Å². The van der Waals surface area contributed by atoms with Crippen LogP contribution in [0.4, 0.5) is 0 Å². The van der Waals surface area contributed by atoms with Crippen molar-refractivity contribution < 1.29 is 19.1 Å². The summed E-state index contributed by atoms with van der Waals surface area (Å²) in [6.07, 6.45) is 3.94. The van der Waals surface area contributed by atoms with Gasteiger partial charge in [0.15, 0.2) is 6.10 Å². The molecule has 0 bridgehead atoms. The molecular weight excluding hydrogens is 372 g/mol. The fraction of sp³-hybridized carbons (Fsp3) is 0.476. The number of nitrogens with zero attached hydrogens (tertiary/aromatic N) is 3. The third-order valence-corrected chi connectivity index (χ3v) is 4.50. The molecule has 0 aliphatic carbocycles. The first kappa shape index (κ1) is 22.4. The van der Waals surface area contributed by atoms with Gasteiger partial charge in [0.1, 0.15) is 5.82 Å². The third kappa shape index (κ3) is 5.57. The lowest BCUT2D eigenvalue weighted by atomic mass is 10.2. The van der Waals surface area contributed by atoms with E-state index < -0.39 is 12.1 Å². The van der Waals surface area contributed by atoms with Crippen molar-refractivity contribution in [2.45, 2.75) is 46.8 Å². The number of aryl methyl sites for hydroxylation is 1. The molecule has 0 spiro atoms. The summed E-state index contributed by atoms with van der Waals surface area (Å²) in [5.41, 5.74) is 2.91. The molecule has 0 unspecified atom stereocenters. The third-order valence-electron chi connectivity index (χ3n) is 4.50. The molecule has 0 radical (unpaired) electrons. The van der Waals surface area contributed by atoms with Gasteiger partial charge in [-0.15, -0.1) is 0 Å². The number of carbonyl (C=O) groups excluding carboxylic acids is 2. The second-order valence-corrected chi connectivity index (χ2v) is 7.09. The quantitative estimate of drug-likeness (QED) is 0.396. The van der Waals surface area contributed by atoms with Gasteiger partial charge >= 0.3 is 5.97 Å². The number of rotatable bonds is 9. The van der Waals surface area contributed by atoms with Crippen LogP contribution in [0.5, 0.6) is 0 Å². The molecule has 1 atom stereocenters. The predicted octanol–water partition coefficient (Wildman–Crippen LogP) is 2.58. The molecule has 8 nitrogen and oxygen atoms in total. The van der Waals surface area contributed by atoms with Crippen LogP contribution in [0.1, 0.15) is 43.8 Å². The van der Waals surface area contributed by atoms with E-state index in [1.165, 1.54) is 13.0 Å². The first-order valence-electron chi connectivity index (χ1n) is 9.64. The largest absolute Gasteiger partial charge is 0.449 e. The highest BCUT2D eigenvalue weighted by Gasteiger charge is 2.17. The number of methoxy groups -OCH3 is 1. The Balaban J connectivity index is 2.09. The number of hydrogen-bond acceptors (Lipinski definition) is 5. The Morgan fingerprint density at radius 2 is 2.00 bits per heavy atom. The van der Waals surface area contributed by atoms with E-state index in [1.807, 2.05) is 30.7 Å². The maximum atomic E-state index is 12.1. The first-order chi connectivity index (χ1) is 13.8. The number of nitrogens with one attached hydrogen (secondary N) is 1. The van der Waals surface area contributed by atoms with E-state index in [-0.39, 0.29) is 11.9 Å². The standard InChI is InChI=1S/C21H30N4O4/c1-14(2)25-19(9-10-23-25)24-15(3)13-18(16(24)4)7-8-20(26)29-17(5)21(27)22-11-12-28-6/h7-10,13-14,17H,11-12H2,1-6H3,(H,22,27)/b8-7+/t17-/m0/s1. The zero-order chi connectivity index (χ0) is 21.6. The lowest BCUT2D eigenvalue weighted by Gasteiger charge is -2.15. The molecule has 0 fully saturated rings. The van der Waals surface area contributed by atoms with Crippen LogP contribution in [-0.4, -0.2) is 52.6 Å². The van der Waals surface area contributed by atoms with Gasteiger partial charge in [0.2, 0.25) is 0 Å². The van der Waals surface area contributed by atoms with E-state index in [0.717, 1.165) is 22.8 Å². The van der Waals surface area contributed by atoms with E-state index >= 15 is 0 Å². The minimum atomic E-state index is -0.878. The number of hydrogen-bond donors (Lipinski definition) is 1. The second-order valence-electron chi connectivity index (χ2n) is 7.09. The summed E-state index contributed by atoms with van der Waals surface area (Å²) in [4.78, 5) is 24.0. The van der Waals surface area contributed by atoms with Gasteiger partial charge < -0.3 is 19.4 Å². The Labute approximate surface area is 171 Å². The van der Waals surface area contributed by atoms with Crippen LogP contribution in [0.25, 0.3) is 11.9 Å². The van der Waals surface area contributed by atoms with E-state index in [1.54, 1.807) is 19.4 Å². The first-order valence-corrected chi connectivity index (χ1v) is 9.64. The average Bonchev–Trinajstić information content (AvgIpc) is 3.24. The lowest BCUT2D eigenvalue weighted by Crippen LogP contribution is -2.37. The van der Waals surface area contributed by atoms with Crippen LogP contribution < -0.4 is 5.32 Å². The molecule has 1 N–H and O–H groups in total. The predicted molar refractivity (Wildman–Crippen MR) is 111 cm³/mol. The molecular formula is C21H30N4O4.